The van der Waals surface area contributed by atoms with Gasteiger partial charge in [-0.05, 0) is 97.3 Å². The van der Waals surface area contributed by atoms with Crippen LogP contribution in [0.4, 0.5) is 11.5 Å². The van der Waals surface area contributed by atoms with Gasteiger partial charge in [0.15, 0.2) is 0 Å². The van der Waals surface area contributed by atoms with Crippen LogP contribution < -0.4 is 20.4 Å². The lowest BCUT2D eigenvalue weighted by Gasteiger charge is -2.46. The Hall–Kier alpha value is -4.22. The molecule has 4 aromatic carbocycles. The molecule has 0 atom stereocenters. The fourth-order valence-electron chi connectivity index (χ4n) is 8.26. The van der Waals surface area contributed by atoms with E-state index >= 15 is 0 Å². The average Bonchev–Trinajstić information content (AvgIpc) is 3.69. The number of ether oxygens (including phenoxy) is 1. The summed E-state index contributed by atoms with van der Waals surface area (Å²) in [5, 5.41) is 11.3. The van der Waals surface area contributed by atoms with Crippen LogP contribution in [0.5, 0.6) is 5.75 Å². The molecule has 2 heterocycles. The van der Waals surface area contributed by atoms with Gasteiger partial charge in [0.25, 0.3) is 8.32 Å². The molecule has 1 N–H and O–H groups in total. The number of rotatable bonds is 10. The van der Waals surface area contributed by atoms with E-state index in [2.05, 4.69) is 114 Å². The summed E-state index contributed by atoms with van der Waals surface area (Å²) in [7, 11) is -4.67. The van der Waals surface area contributed by atoms with Crippen molar-refractivity contribution in [3.8, 4) is 5.75 Å². The SMILES string of the molecule is COc1ccc(CN2Cc3ccc(Nc4cc(C5CCC(O[Si](c6ccccc6)(c6ccccc6)C(C)(C)C)CC5)nn4C(C)(C)C)cc3S2(=O)=O)cc1. The quantitative estimate of drug-likeness (QED) is 0.143. The highest BCUT2D eigenvalue weighted by Gasteiger charge is 2.51. The summed E-state index contributed by atoms with van der Waals surface area (Å²) >= 11 is 0. The van der Waals surface area contributed by atoms with E-state index < -0.39 is 18.3 Å². The Morgan fingerprint density at radius 2 is 1.41 bits per heavy atom. The molecule has 10 heteroatoms. The molecule has 0 saturated heterocycles. The minimum absolute atomic E-state index is 0.0652. The van der Waals surface area contributed by atoms with Crippen molar-refractivity contribution in [2.24, 2.45) is 0 Å². The molecule has 0 amide bonds. The molecule has 0 unspecified atom stereocenters. The van der Waals surface area contributed by atoms with Crippen molar-refractivity contribution >= 4 is 40.2 Å². The fourth-order valence-corrected chi connectivity index (χ4v) is 14.7. The van der Waals surface area contributed by atoms with E-state index in [-0.39, 0.29) is 16.7 Å². The summed E-state index contributed by atoms with van der Waals surface area (Å²) in [4.78, 5) is 0.349. The smallest absolute Gasteiger partial charge is 0.261 e. The number of fused-ring (bicyclic) bond motifs is 1. The standard InChI is InChI=1S/C44H54N4O4SSi/c1-43(2,3)48-42(45-35-23-20-34-31-47(53(49,50)41(34)28-35)30-32-18-24-36(51-7)25-19-32)29-40(46-48)33-21-26-37(27-22-33)52-54(44(4,5)6,38-14-10-8-11-15-38)39-16-12-9-13-17-39/h8-20,23-25,28-29,33,37,45H,21-22,26-27,30-31H2,1-7H3. The van der Waals surface area contributed by atoms with Crippen LogP contribution in [0.2, 0.25) is 5.04 Å². The molecule has 1 saturated carbocycles. The van der Waals surface area contributed by atoms with Crippen LogP contribution in [-0.2, 0) is 33.1 Å². The van der Waals surface area contributed by atoms with Crippen molar-refractivity contribution in [2.45, 2.75) is 108 Å². The van der Waals surface area contributed by atoms with E-state index in [9.17, 15) is 8.42 Å². The zero-order valence-corrected chi connectivity index (χ0v) is 34.5. The number of hydrogen-bond acceptors (Lipinski definition) is 6. The summed E-state index contributed by atoms with van der Waals surface area (Å²) in [6.45, 7) is 14.1. The van der Waals surface area contributed by atoms with E-state index in [4.69, 9.17) is 14.3 Å². The van der Waals surface area contributed by atoms with Crippen LogP contribution in [0.25, 0.3) is 0 Å². The van der Waals surface area contributed by atoms with Crippen LogP contribution in [0.3, 0.4) is 0 Å². The predicted molar refractivity (Wildman–Crippen MR) is 220 cm³/mol. The third-order valence-electron chi connectivity index (χ3n) is 11.0. The highest BCUT2D eigenvalue weighted by molar-refractivity contribution is 7.89. The zero-order chi connectivity index (χ0) is 38.3. The molecular weight excluding hydrogens is 709 g/mol. The Labute approximate surface area is 322 Å². The molecule has 1 aromatic heterocycles. The maximum absolute atomic E-state index is 13.7. The number of nitrogens with one attached hydrogen (secondary N) is 1. The molecule has 5 aromatic rings. The Bertz CT molecular complexity index is 2130. The van der Waals surface area contributed by atoms with Crippen molar-refractivity contribution in [1.82, 2.24) is 14.1 Å². The highest BCUT2D eigenvalue weighted by atomic mass is 32.2. The Balaban J connectivity index is 1.09. The average molecular weight is 763 g/mol. The molecule has 1 aliphatic carbocycles. The fraction of sp³-hybridized carbons (Fsp3) is 0.386. The number of hydrogen-bond donors (Lipinski definition) is 1. The van der Waals surface area contributed by atoms with Crippen LogP contribution >= 0.6 is 0 Å². The molecule has 7 rings (SSSR count). The van der Waals surface area contributed by atoms with Crippen LogP contribution in [-0.4, -0.2) is 44.0 Å². The molecule has 2 aliphatic rings. The first-order valence-corrected chi connectivity index (χ1v) is 22.5. The summed E-state index contributed by atoms with van der Waals surface area (Å²) in [5.74, 6) is 1.90. The van der Waals surface area contributed by atoms with Crippen LogP contribution in [0.15, 0.2) is 114 Å². The van der Waals surface area contributed by atoms with Gasteiger partial charge in [-0.3, -0.25) is 0 Å². The van der Waals surface area contributed by atoms with E-state index in [1.165, 1.54) is 14.7 Å². The Kier molecular flexibility index (Phi) is 10.4. The maximum atomic E-state index is 13.7. The monoisotopic (exact) mass is 762 g/mol. The van der Waals surface area contributed by atoms with E-state index in [1.807, 2.05) is 41.1 Å². The van der Waals surface area contributed by atoms with Crippen LogP contribution in [0.1, 0.15) is 90.0 Å². The minimum Gasteiger partial charge on any atom is -0.497 e. The third-order valence-corrected chi connectivity index (χ3v) is 18.0. The summed E-state index contributed by atoms with van der Waals surface area (Å²) in [5.41, 5.74) is 3.22. The van der Waals surface area contributed by atoms with Gasteiger partial charge in [-0.2, -0.15) is 9.40 Å². The third kappa shape index (κ3) is 7.41. The normalized spacial score (nSPS) is 19.0. The van der Waals surface area contributed by atoms with E-state index in [1.54, 1.807) is 13.2 Å². The van der Waals surface area contributed by atoms with Crippen molar-refractivity contribution in [3.63, 3.8) is 0 Å². The topological polar surface area (TPSA) is 85.7 Å². The van der Waals surface area contributed by atoms with Crippen molar-refractivity contribution < 1.29 is 17.6 Å². The lowest BCUT2D eigenvalue weighted by molar-refractivity contribution is 0.134. The number of benzene rings is 4. The van der Waals surface area contributed by atoms with E-state index in [0.717, 1.165) is 59.8 Å². The first-order chi connectivity index (χ1) is 25.7. The van der Waals surface area contributed by atoms with Crippen molar-refractivity contribution in [2.75, 3.05) is 12.4 Å². The first kappa shape index (κ1) is 38.1. The van der Waals surface area contributed by atoms with Crippen molar-refractivity contribution in [3.05, 3.63) is 126 Å². The lowest BCUT2D eigenvalue weighted by atomic mass is 9.85. The predicted octanol–water partition coefficient (Wildman–Crippen LogP) is 8.70. The second-order valence-corrected chi connectivity index (χ2v) is 23.0. The molecule has 0 bridgehead atoms. The van der Waals surface area contributed by atoms with Gasteiger partial charge in [0, 0.05) is 36.9 Å². The number of aromatic nitrogens is 2. The maximum Gasteiger partial charge on any atom is 0.261 e. The molecule has 8 nitrogen and oxygen atoms in total. The molecule has 54 heavy (non-hydrogen) atoms. The van der Waals surface area contributed by atoms with Gasteiger partial charge in [0.2, 0.25) is 10.0 Å². The number of nitrogens with zero attached hydrogens (tertiary/aromatic N) is 3. The Morgan fingerprint density at radius 1 is 0.796 bits per heavy atom. The van der Waals surface area contributed by atoms with Gasteiger partial charge < -0.3 is 14.5 Å². The van der Waals surface area contributed by atoms with Gasteiger partial charge in [-0.1, -0.05) is 99.6 Å². The second kappa shape index (κ2) is 14.8. The van der Waals surface area contributed by atoms with Gasteiger partial charge >= 0.3 is 0 Å². The summed E-state index contributed by atoms with van der Waals surface area (Å²) < 4.78 is 43.8. The van der Waals surface area contributed by atoms with Crippen LogP contribution in [0, 0.1) is 0 Å². The van der Waals surface area contributed by atoms with Gasteiger partial charge in [-0.15, -0.1) is 0 Å². The second-order valence-electron chi connectivity index (χ2n) is 16.9. The largest absolute Gasteiger partial charge is 0.497 e. The molecule has 284 valence electrons. The zero-order valence-electron chi connectivity index (χ0n) is 32.7. The molecule has 1 aliphatic heterocycles. The molecule has 1 fully saturated rings. The molecule has 0 radical (unpaired) electrons. The Morgan fingerprint density at radius 3 is 1.96 bits per heavy atom. The number of sulfonamides is 1. The first-order valence-electron chi connectivity index (χ1n) is 19.1. The van der Waals surface area contributed by atoms with Gasteiger partial charge in [-0.25, -0.2) is 13.1 Å². The number of anilines is 2. The van der Waals surface area contributed by atoms with Crippen molar-refractivity contribution in [1.29, 1.82) is 0 Å². The number of methoxy groups -OCH3 is 1. The van der Waals surface area contributed by atoms with Gasteiger partial charge in [0.05, 0.1) is 23.2 Å². The highest BCUT2D eigenvalue weighted by Crippen LogP contribution is 2.42. The molecule has 0 spiro atoms. The minimum atomic E-state index is -3.66. The van der Waals surface area contributed by atoms with Gasteiger partial charge in [0.1, 0.15) is 11.6 Å². The summed E-state index contributed by atoms with van der Waals surface area (Å²) in [6.07, 6.45) is 4.08. The molecular formula is C44H54N4O4SSi. The lowest BCUT2D eigenvalue weighted by Crippen LogP contribution is -2.67. The van der Waals surface area contributed by atoms with E-state index in [0.29, 0.717) is 23.9 Å². The summed E-state index contributed by atoms with van der Waals surface area (Å²) in [6, 6.07) is 37.2.